The van der Waals surface area contributed by atoms with E-state index in [1.807, 2.05) is 0 Å². The van der Waals surface area contributed by atoms with Crippen molar-refractivity contribution in [1.29, 1.82) is 0 Å². The van der Waals surface area contributed by atoms with Crippen LogP contribution >= 0.6 is 23.2 Å². The zero-order valence-electron chi connectivity index (χ0n) is 8.89. The zero-order chi connectivity index (χ0) is 13.6. The molecule has 2 radical (unpaired) electrons. The van der Waals surface area contributed by atoms with E-state index in [0.717, 1.165) is 6.26 Å². The van der Waals surface area contributed by atoms with Gasteiger partial charge in [0.25, 0.3) is 0 Å². The molecule has 1 atom stereocenters. The molecule has 0 N–H and O–H groups in total. The molecule has 1 aromatic rings. The van der Waals surface area contributed by atoms with Crippen molar-refractivity contribution in [2.45, 2.75) is 18.2 Å². The van der Waals surface area contributed by atoms with Crippen LogP contribution in [0.4, 0.5) is 13.2 Å². The van der Waals surface area contributed by atoms with Gasteiger partial charge in [0.1, 0.15) is 7.85 Å². The molecule has 2 rings (SSSR count). The van der Waals surface area contributed by atoms with E-state index in [4.69, 9.17) is 35.8 Å². The van der Waals surface area contributed by atoms with E-state index in [0.29, 0.717) is 0 Å². The first-order chi connectivity index (χ1) is 8.24. The fourth-order valence-electron chi connectivity index (χ4n) is 1.83. The molecule has 0 aromatic heterocycles. The topological polar surface area (TPSA) is 9.23 Å². The lowest BCUT2D eigenvalue weighted by Crippen LogP contribution is -2.42. The summed E-state index contributed by atoms with van der Waals surface area (Å²) in [5.41, 5.74) is -2.65. The van der Waals surface area contributed by atoms with Gasteiger partial charge in [-0.2, -0.15) is 13.2 Å². The van der Waals surface area contributed by atoms with Gasteiger partial charge >= 0.3 is 6.18 Å². The molecule has 1 aliphatic heterocycles. The summed E-state index contributed by atoms with van der Waals surface area (Å²) in [6.45, 7) is 0. The second-order valence-corrected chi connectivity index (χ2v) is 4.84. The quantitative estimate of drug-likeness (QED) is 0.706. The van der Waals surface area contributed by atoms with Crippen molar-refractivity contribution < 1.29 is 17.9 Å². The van der Waals surface area contributed by atoms with Crippen molar-refractivity contribution in [2.75, 3.05) is 0 Å². The monoisotopic (exact) mass is 292 g/mol. The number of rotatable bonds is 1. The molecular weight excluding hydrogens is 287 g/mol. The smallest absolute Gasteiger partial charge is 0.432 e. The van der Waals surface area contributed by atoms with Crippen LogP contribution in [0.25, 0.3) is 0 Å². The average Bonchev–Trinajstić information content (AvgIpc) is 2.59. The van der Waals surface area contributed by atoms with Crippen molar-refractivity contribution >= 4 is 31.0 Å². The van der Waals surface area contributed by atoms with Crippen molar-refractivity contribution in [2.24, 2.45) is 0 Å². The van der Waals surface area contributed by atoms with Gasteiger partial charge < -0.3 is 4.74 Å². The third kappa shape index (κ3) is 2.21. The minimum absolute atomic E-state index is 0.0171. The number of hydrogen-bond donors (Lipinski definition) is 0. The SMILES string of the molecule is [B]C1=COC(c2cc(Cl)cc(Cl)c2)(C(F)(F)F)C1. The normalized spacial score (nSPS) is 23.7. The van der Waals surface area contributed by atoms with E-state index in [-0.39, 0.29) is 21.1 Å². The first-order valence-electron chi connectivity index (χ1n) is 4.90. The molecule has 0 fully saturated rings. The van der Waals surface area contributed by atoms with Gasteiger partial charge in [-0.15, -0.1) is 0 Å². The maximum Gasteiger partial charge on any atom is 0.432 e. The van der Waals surface area contributed by atoms with E-state index in [9.17, 15) is 13.2 Å². The summed E-state index contributed by atoms with van der Waals surface area (Å²) in [5.74, 6) is 0. The number of benzene rings is 1. The molecule has 94 valence electrons. The molecule has 18 heavy (non-hydrogen) atoms. The standard InChI is InChI=1S/C11H6BCl2F3O/c12-7-4-10(18-5-7,11(15,16)17)6-1-8(13)3-9(14)2-6/h1-3,5H,4H2. The molecule has 0 aliphatic carbocycles. The third-order valence-electron chi connectivity index (χ3n) is 2.65. The van der Waals surface area contributed by atoms with Crippen LogP contribution in [-0.4, -0.2) is 14.0 Å². The first-order valence-corrected chi connectivity index (χ1v) is 5.66. The molecule has 7 heteroatoms. The number of alkyl halides is 3. The maximum atomic E-state index is 13.2. The van der Waals surface area contributed by atoms with Gasteiger partial charge in [0.05, 0.1) is 6.26 Å². The summed E-state index contributed by atoms with van der Waals surface area (Å²) in [7, 11) is 5.39. The molecule has 1 aromatic carbocycles. The van der Waals surface area contributed by atoms with Crippen LogP contribution in [0.5, 0.6) is 0 Å². The summed E-state index contributed by atoms with van der Waals surface area (Å²) in [6, 6.07) is 3.70. The molecule has 1 nitrogen and oxygen atoms in total. The van der Waals surface area contributed by atoms with E-state index in [1.54, 1.807) is 0 Å². The van der Waals surface area contributed by atoms with E-state index < -0.39 is 18.2 Å². The Bertz CT molecular complexity index is 495. The molecular formula is C11H6BCl2F3O. The molecule has 0 saturated heterocycles. The van der Waals surface area contributed by atoms with Crippen LogP contribution in [0.15, 0.2) is 29.9 Å². The molecule has 0 spiro atoms. The van der Waals surface area contributed by atoms with Crippen molar-refractivity contribution in [1.82, 2.24) is 0 Å². The highest BCUT2D eigenvalue weighted by molar-refractivity contribution is 6.34. The maximum absolute atomic E-state index is 13.2. The Hall–Kier alpha value is -0.805. The van der Waals surface area contributed by atoms with Gasteiger partial charge in [0.15, 0.2) is 0 Å². The highest BCUT2D eigenvalue weighted by atomic mass is 35.5. The summed E-state index contributed by atoms with van der Waals surface area (Å²) in [4.78, 5) is 0. The van der Waals surface area contributed by atoms with Crippen LogP contribution in [-0.2, 0) is 10.3 Å². The fourth-order valence-corrected chi connectivity index (χ4v) is 2.36. The molecule has 1 heterocycles. The number of hydrogen-bond acceptors (Lipinski definition) is 1. The Morgan fingerprint density at radius 1 is 1.17 bits per heavy atom. The van der Waals surface area contributed by atoms with Crippen LogP contribution in [0.2, 0.25) is 10.0 Å². The molecule has 0 amide bonds. The van der Waals surface area contributed by atoms with Gasteiger partial charge in [-0.05, 0) is 18.2 Å². The van der Waals surface area contributed by atoms with Gasteiger partial charge in [-0.25, -0.2) is 0 Å². The van der Waals surface area contributed by atoms with E-state index in [2.05, 4.69) is 0 Å². The lowest BCUT2D eigenvalue weighted by molar-refractivity contribution is -0.261. The molecule has 0 saturated carbocycles. The van der Waals surface area contributed by atoms with Crippen LogP contribution < -0.4 is 0 Å². The van der Waals surface area contributed by atoms with Crippen molar-refractivity contribution in [3.63, 3.8) is 0 Å². The Kier molecular flexibility index (Phi) is 3.32. The lowest BCUT2D eigenvalue weighted by Gasteiger charge is -2.32. The lowest BCUT2D eigenvalue weighted by atomic mass is 9.82. The van der Waals surface area contributed by atoms with Crippen molar-refractivity contribution in [3.05, 3.63) is 45.5 Å². The second kappa shape index (κ2) is 4.39. The zero-order valence-corrected chi connectivity index (χ0v) is 10.4. The summed E-state index contributed by atoms with van der Waals surface area (Å²) in [5, 5.41) is 0.213. The van der Waals surface area contributed by atoms with E-state index >= 15 is 0 Å². The first kappa shape index (κ1) is 13.6. The minimum atomic E-state index is -4.63. The predicted octanol–water partition coefficient (Wildman–Crippen LogP) is 4.18. The van der Waals surface area contributed by atoms with E-state index in [1.165, 1.54) is 18.2 Å². The third-order valence-corrected chi connectivity index (χ3v) is 3.09. The summed E-state index contributed by atoms with van der Waals surface area (Å²) < 4.78 is 44.5. The number of halogens is 5. The Labute approximate surface area is 113 Å². The molecule has 1 unspecified atom stereocenters. The Balaban J connectivity index is 2.55. The molecule has 0 bridgehead atoms. The highest BCUT2D eigenvalue weighted by Crippen LogP contribution is 2.50. The summed E-state index contributed by atoms with van der Waals surface area (Å²) >= 11 is 11.4. The van der Waals surface area contributed by atoms with Gasteiger partial charge in [0.2, 0.25) is 5.60 Å². The fraction of sp³-hybridized carbons (Fsp3) is 0.273. The van der Waals surface area contributed by atoms with Gasteiger partial charge in [-0.1, -0.05) is 28.7 Å². The van der Waals surface area contributed by atoms with Crippen molar-refractivity contribution in [3.8, 4) is 0 Å². The van der Waals surface area contributed by atoms with Crippen LogP contribution in [0, 0.1) is 0 Å². The van der Waals surface area contributed by atoms with Gasteiger partial charge in [-0.3, -0.25) is 0 Å². The number of ether oxygens (including phenoxy) is 1. The highest BCUT2D eigenvalue weighted by Gasteiger charge is 2.59. The average molecular weight is 293 g/mol. The Morgan fingerprint density at radius 2 is 1.72 bits per heavy atom. The minimum Gasteiger partial charge on any atom is -0.481 e. The Morgan fingerprint density at radius 3 is 2.11 bits per heavy atom. The second-order valence-electron chi connectivity index (χ2n) is 3.97. The summed E-state index contributed by atoms with van der Waals surface area (Å²) in [6.07, 6.45) is -4.20. The van der Waals surface area contributed by atoms with Crippen LogP contribution in [0.3, 0.4) is 0 Å². The predicted molar refractivity (Wildman–Crippen MR) is 63.7 cm³/mol. The molecule has 1 aliphatic rings. The van der Waals surface area contributed by atoms with Crippen LogP contribution in [0.1, 0.15) is 12.0 Å². The largest absolute Gasteiger partial charge is 0.481 e. The van der Waals surface area contributed by atoms with Gasteiger partial charge in [0, 0.05) is 22.0 Å².